The summed E-state index contributed by atoms with van der Waals surface area (Å²) < 4.78 is 19.3. The fourth-order valence-corrected chi connectivity index (χ4v) is 2.33. The fourth-order valence-electron chi connectivity index (χ4n) is 1.56. The summed E-state index contributed by atoms with van der Waals surface area (Å²) in [6.07, 6.45) is 0. The van der Waals surface area contributed by atoms with Gasteiger partial charge >= 0.3 is 5.69 Å². The molecule has 0 bridgehead atoms. The average molecular weight is 416 g/mol. The lowest BCUT2D eigenvalue weighted by molar-refractivity contribution is -0.385. The van der Waals surface area contributed by atoms with Crippen LogP contribution in [0.25, 0.3) is 0 Å². The van der Waals surface area contributed by atoms with Crippen LogP contribution in [-0.4, -0.2) is 4.92 Å². The first-order chi connectivity index (χ1) is 9.93. The molecule has 21 heavy (non-hydrogen) atoms. The lowest BCUT2D eigenvalue weighted by atomic mass is 10.2. The molecule has 0 amide bonds. The summed E-state index contributed by atoms with van der Waals surface area (Å²) in [6.45, 7) is 0. The molecule has 0 N–H and O–H groups in total. The van der Waals surface area contributed by atoms with E-state index in [1.54, 1.807) is 12.1 Å². The van der Waals surface area contributed by atoms with Crippen LogP contribution in [0.5, 0.6) is 11.5 Å². The number of nitro groups is 1. The van der Waals surface area contributed by atoms with Crippen LogP contribution in [0.3, 0.4) is 0 Å². The van der Waals surface area contributed by atoms with E-state index < -0.39 is 16.4 Å². The highest BCUT2D eigenvalue weighted by molar-refractivity contribution is 9.10. The molecule has 2 aromatic rings. The quantitative estimate of drug-likeness (QED) is 0.526. The number of hydrogen-bond donors (Lipinski definition) is 0. The Morgan fingerprint density at radius 1 is 1.24 bits per heavy atom. The Bertz CT molecular complexity index is 775. The zero-order valence-corrected chi connectivity index (χ0v) is 13.3. The topological polar surface area (TPSA) is 76.2 Å². The van der Waals surface area contributed by atoms with Gasteiger partial charge in [-0.05, 0) is 44.0 Å². The van der Waals surface area contributed by atoms with Crippen molar-refractivity contribution in [3.63, 3.8) is 0 Å². The highest BCUT2D eigenvalue weighted by atomic mass is 79.9. The van der Waals surface area contributed by atoms with E-state index in [1.807, 2.05) is 6.07 Å². The molecule has 0 radical (unpaired) electrons. The number of benzene rings is 2. The molecule has 2 rings (SSSR count). The summed E-state index contributed by atoms with van der Waals surface area (Å²) in [6, 6.07) is 8.51. The van der Waals surface area contributed by atoms with Crippen molar-refractivity contribution < 1.29 is 14.1 Å². The van der Waals surface area contributed by atoms with E-state index in [4.69, 9.17) is 10.00 Å². The van der Waals surface area contributed by atoms with E-state index >= 15 is 0 Å². The molecule has 5 nitrogen and oxygen atoms in total. The smallest absolute Gasteiger partial charge is 0.312 e. The number of hydrogen-bond acceptors (Lipinski definition) is 4. The third kappa shape index (κ3) is 3.20. The van der Waals surface area contributed by atoms with Gasteiger partial charge in [-0.3, -0.25) is 10.1 Å². The second-order valence-electron chi connectivity index (χ2n) is 3.82. The standard InChI is InChI=1S/C13H5Br2FN2O3/c14-8-2-1-3-12(7(8)6-17)21-13-5-10(16)9(15)4-11(13)18(19)20/h1-5H. The number of rotatable bonds is 3. The van der Waals surface area contributed by atoms with E-state index in [-0.39, 0.29) is 21.5 Å². The van der Waals surface area contributed by atoms with Crippen LogP contribution >= 0.6 is 31.9 Å². The predicted octanol–water partition coefficient (Wildman–Crippen LogP) is 4.92. The van der Waals surface area contributed by atoms with E-state index in [0.717, 1.165) is 12.1 Å². The van der Waals surface area contributed by atoms with E-state index in [0.29, 0.717) is 4.47 Å². The first-order valence-electron chi connectivity index (χ1n) is 5.44. The summed E-state index contributed by atoms with van der Waals surface area (Å²) in [5.74, 6) is -0.892. The van der Waals surface area contributed by atoms with Gasteiger partial charge < -0.3 is 4.74 Å². The molecule has 2 aromatic carbocycles. The number of nitrogens with zero attached hydrogens (tertiary/aromatic N) is 2. The molecular weight excluding hydrogens is 411 g/mol. The normalized spacial score (nSPS) is 10.0. The molecule has 0 aliphatic heterocycles. The summed E-state index contributed by atoms with van der Waals surface area (Å²) in [5, 5.41) is 20.1. The number of nitro benzene ring substituents is 1. The molecule has 0 saturated heterocycles. The lowest BCUT2D eigenvalue weighted by Gasteiger charge is -2.09. The van der Waals surface area contributed by atoms with Crippen molar-refractivity contribution in [1.29, 1.82) is 5.26 Å². The summed E-state index contributed by atoms with van der Waals surface area (Å²) >= 11 is 6.06. The van der Waals surface area contributed by atoms with Crippen molar-refractivity contribution in [2.45, 2.75) is 0 Å². The second-order valence-corrected chi connectivity index (χ2v) is 5.53. The van der Waals surface area contributed by atoms with Crippen molar-refractivity contribution in [1.82, 2.24) is 0 Å². The van der Waals surface area contributed by atoms with E-state index in [1.165, 1.54) is 6.07 Å². The maximum atomic E-state index is 13.6. The average Bonchev–Trinajstić information content (AvgIpc) is 2.42. The largest absolute Gasteiger partial charge is 0.449 e. The van der Waals surface area contributed by atoms with Gasteiger partial charge in [0.2, 0.25) is 5.75 Å². The van der Waals surface area contributed by atoms with Gasteiger partial charge in [0, 0.05) is 16.6 Å². The maximum absolute atomic E-state index is 13.6. The zero-order valence-electron chi connectivity index (χ0n) is 10.1. The number of halogens is 3. The Kier molecular flexibility index (Phi) is 4.55. The highest BCUT2D eigenvalue weighted by Gasteiger charge is 2.21. The molecule has 0 fully saturated rings. The molecule has 0 heterocycles. The van der Waals surface area contributed by atoms with Gasteiger partial charge in [-0.25, -0.2) is 4.39 Å². The molecule has 8 heteroatoms. The maximum Gasteiger partial charge on any atom is 0.312 e. The third-order valence-electron chi connectivity index (χ3n) is 2.51. The molecule has 106 valence electrons. The Balaban J connectivity index is 2.55. The third-order valence-corrected chi connectivity index (χ3v) is 3.77. The molecule has 0 aliphatic carbocycles. The Labute approximate surface area is 135 Å². The molecule has 0 aliphatic rings. The monoisotopic (exact) mass is 414 g/mol. The van der Waals surface area contributed by atoms with Crippen LogP contribution in [0.4, 0.5) is 10.1 Å². The van der Waals surface area contributed by atoms with Crippen LogP contribution in [0.15, 0.2) is 39.3 Å². The van der Waals surface area contributed by atoms with Crippen molar-refractivity contribution in [3.05, 3.63) is 60.8 Å². The van der Waals surface area contributed by atoms with Crippen LogP contribution in [0.2, 0.25) is 0 Å². The summed E-state index contributed by atoms with van der Waals surface area (Å²) in [4.78, 5) is 10.3. The van der Waals surface area contributed by atoms with Crippen molar-refractivity contribution >= 4 is 37.5 Å². The van der Waals surface area contributed by atoms with Gasteiger partial charge in [0.25, 0.3) is 0 Å². The van der Waals surface area contributed by atoms with E-state index in [9.17, 15) is 14.5 Å². The highest BCUT2D eigenvalue weighted by Crippen LogP contribution is 2.37. The van der Waals surface area contributed by atoms with Crippen LogP contribution in [0.1, 0.15) is 5.56 Å². The molecule has 0 spiro atoms. The minimum Gasteiger partial charge on any atom is -0.449 e. The minimum absolute atomic E-state index is 0.0451. The van der Waals surface area contributed by atoms with Crippen LogP contribution in [0, 0.1) is 27.3 Å². The summed E-state index contributed by atoms with van der Waals surface area (Å²) in [5.41, 5.74) is -0.248. The molecular formula is C13H5Br2FN2O3. The van der Waals surface area contributed by atoms with Gasteiger partial charge in [-0.2, -0.15) is 5.26 Å². The predicted molar refractivity (Wildman–Crippen MR) is 79.7 cm³/mol. The van der Waals surface area contributed by atoms with Gasteiger partial charge in [-0.15, -0.1) is 0 Å². The van der Waals surface area contributed by atoms with Crippen LogP contribution < -0.4 is 4.74 Å². The van der Waals surface area contributed by atoms with Gasteiger partial charge in [-0.1, -0.05) is 6.07 Å². The first-order valence-corrected chi connectivity index (χ1v) is 7.02. The minimum atomic E-state index is -0.705. The van der Waals surface area contributed by atoms with Crippen molar-refractivity contribution in [2.24, 2.45) is 0 Å². The lowest BCUT2D eigenvalue weighted by Crippen LogP contribution is -1.96. The van der Waals surface area contributed by atoms with Gasteiger partial charge in [0.05, 0.1) is 9.40 Å². The number of nitriles is 1. The Morgan fingerprint density at radius 2 is 1.95 bits per heavy atom. The SMILES string of the molecule is N#Cc1c(Br)cccc1Oc1cc(F)c(Br)cc1[N+](=O)[O-]. The molecule has 0 aromatic heterocycles. The Hall–Kier alpha value is -1.98. The molecule has 0 saturated carbocycles. The van der Waals surface area contributed by atoms with Gasteiger partial charge in [0.15, 0.2) is 0 Å². The van der Waals surface area contributed by atoms with E-state index in [2.05, 4.69) is 31.9 Å². The zero-order chi connectivity index (χ0) is 15.6. The Morgan fingerprint density at radius 3 is 2.57 bits per heavy atom. The summed E-state index contributed by atoms with van der Waals surface area (Å²) in [7, 11) is 0. The number of ether oxygens (including phenoxy) is 1. The second kappa shape index (κ2) is 6.20. The fraction of sp³-hybridized carbons (Fsp3) is 0. The van der Waals surface area contributed by atoms with Crippen LogP contribution in [-0.2, 0) is 0 Å². The molecule has 0 atom stereocenters. The van der Waals surface area contributed by atoms with Gasteiger partial charge in [0.1, 0.15) is 23.2 Å². The molecule has 0 unspecified atom stereocenters. The first kappa shape index (κ1) is 15.4. The van der Waals surface area contributed by atoms with Crippen molar-refractivity contribution in [2.75, 3.05) is 0 Å². The van der Waals surface area contributed by atoms with Crippen molar-refractivity contribution in [3.8, 4) is 17.6 Å².